The third-order valence-electron chi connectivity index (χ3n) is 4.96. The quantitative estimate of drug-likeness (QED) is 0.485. The maximum Gasteiger partial charge on any atom is 0.318 e. The number of methoxy groups -OCH3 is 1. The summed E-state index contributed by atoms with van der Waals surface area (Å²) in [5.41, 5.74) is 15.5. The molecule has 0 bridgehead atoms. The minimum Gasteiger partial charge on any atom is -0.496 e. The molecule has 0 saturated heterocycles. The summed E-state index contributed by atoms with van der Waals surface area (Å²) in [6.07, 6.45) is 0.740. The van der Waals surface area contributed by atoms with E-state index in [0.29, 0.717) is 44.3 Å². The van der Waals surface area contributed by atoms with Crippen LogP contribution in [0.5, 0.6) is 5.75 Å². The number of ether oxygens (including phenoxy) is 1. The van der Waals surface area contributed by atoms with Crippen LogP contribution in [0.25, 0.3) is 0 Å². The third-order valence-corrected chi connectivity index (χ3v) is 5.89. The van der Waals surface area contributed by atoms with Gasteiger partial charge in [-0.1, -0.05) is 48.5 Å². The van der Waals surface area contributed by atoms with E-state index < -0.39 is 0 Å². The summed E-state index contributed by atoms with van der Waals surface area (Å²) in [4.78, 5) is 18.7. The van der Waals surface area contributed by atoms with Crippen molar-refractivity contribution in [1.82, 2.24) is 10.2 Å². The monoisotopic (exact) mass is 517 g/mol. The third kappa shape index (κ3) is 5.63. The van der Waals surface area contributed by atoms with E-state index >= 15 is 0 Å². The average Bonchev–Trinajstić information content (AvgIpc) is 3.14. The van der Waals surface area contributed by atoms with Crippen molar-refractivity contribution in [2.24, 2.45) is 16.5 Å². The van der Waals surface area contributed by atoms with Gasteiger partial charge in [0.1, 0.15) is 11.6 Å². The number of amides is 2. The normalized spacial score (nSPS) is 14.0. The molecule has 0 unspecified atom stereocenters. The van der Waals surface area contributed by atoms with Gasteiger partial charge in [-0.3, -0.25) is 0 Å². The molecular weight excluding hydrogens is 494 g/mol. The second-order valence-electron chi connectivity index (χ2n) is 7.25. The number of urea groups is 1. The molecule has 2 aromatic carbocycles. The van der Waals surface area contributed by atoms with Gasteiger partial charge in [-0.15, -0.1) is 0 Å². The van der Waals surface area contributed by atoms with E-state index in [1.54, 1.807) is 24.1 Å². The molecule has 0 fully saturated rings. The molecule has 0 saturated carbocycles. The molecular formula is C23H25BrClN5O2. The van der Waals surface area contributed by atoms with Crippen LogP contribution in [-0.4, -0.2) is 43.4 Å². The lowest BCUT2D eigenvalue weighted by Crippen LogP contribution is -2.40. The molecule has 1 heterocycles. The molecule has 0 aromatic heterocycles. The number of carbonyl (C=O) groups is 1. The minimum absolute atomic E-state index is 0.101. The highest BCUT2D eigenvalue weighted by atomic mass is 79.9. The van der Waals surface area contributed by atoms with Gasteiger partial charge < -0.3 is 26.4 Å². The number of aliphatic imine (C=N–C) groups is 1. The highest BCUT2D eigenvalue weighted by molar-refractivity contribution is 9.10. The lowest BCUT2D eigenvalue weighted by Gasteiger charge is -2.18. The van der Waals surface area contributed by atoms with Crippen molar-refractivity contribution in [2.75, 3.05) is 26.7 Å². The maximum atomic E-state index is 12.7. The fourth-order valence-electron chi connectivity index (χ4n) is 3.39. The van der Waals surface area contributed by atoms with Crippen molar-refractivity contribution in [1.29, 1.82) is 0 Å². The van der Waals surface area contributed by atoms with Crippen molar-refractivity contribution in [3.05, 3.63) is 86.8 Å². The highest BCUT2D eigenvalue weighted by Crippen LogP contribution is 2.34. The van der Waals surface area contributed by atoms with Crippen LogP contribution in [0, 0.1) is 0 Å². The first-order valence-electron chi connectivity index (χ1n) is 9.91. The zero-order valence-electron chi connectivity index (χ0n) is 17.7. The molecule has 0 spiro atoms. The number of nitrogens with zero attached hydrogens (tertiary/aromatic N) is 2. The van der Waals surface area contributed by atoms with Crippen LogP contribution in [0.1, 0.15) is 11.1 Å². The molecule has 7 nitrogen and oxygen atoms in total. The molecule has 168 valence electrons. The number of nitrogens with one attached hydrogen (secondary N) is 1. The summed E-state index contributed by atoms with van der Waals surface area (Å²) in [5, 5.41) is 3.38. The number of nitrogens with two attached hydrogens (primary N) is 2. The van der Waals surface area contributed by atoms with E-state index in [0.717, 1.165) is 12.0 Å². The first kappa shape index (κ1) is 23.7. The largest absolute Gasteiger partial charge is 0.496 e. The molecule has 32 heavy (non-hydrogen) atoms. The van der Waals surface area contributed by atoms with Gasteiger partial charge in [-0.05, 0) is 40.0 Å². The number of hydrogen-bond acceptors (Lipinski definition) is 5. The van der Waals surface area contributed by atoms with E-state index in [-0.39, 0.29) is 24.9 Å². The van der Waals surface area contributed by atoms with Gasteiger partial charge in [0, 0.05) is 23.4 Å². The summed E-state index contributed by atoms with van der Waals surface area (Å²) < 4.78 is 6.09. The zero-order chi connectivity index (χ0) is 23.3. The molecule has 0 radical (unpaired) electrons. The van der Waals surface area contributed by atoms with Crippen molar-refractivity contribution >= 4 is 39.3 Å². The number of benzene rings is 2. The molecule has 2 aromatic rings. The predicted octanol–water partition coefficient (Wildman–Crippen LogP) is 3.81. The van der Waals surface area contributed by atoms with Gasteiger partial charge >= 0.3 is 6.03 Å². The SMILES string of the molecule is C=C(N)/N=C(\C1=C(N)CN(C(=O)NCCc2ccccc2)C1)c1cc(OC)c(Br)cc1Cl. The van der Waals surface area contributed by atoms with Crippen molar-refractivity contribution < 1.29 is 9.53 Å². The van der Waals surface area contributed by atoms with E-state index in [9.17, 15) is 4.79 Å². The second-order valence-corrected chi connectivity index (χ2v) is 8.51. The van der Waals surface area contributed by atoms with Crippen LogP contribution < -0.4 is 21.5 Å². The molecule has 0 aliphatic carbocycles. The second kappa shape index (κ2) is 10.6. The maximum absolute atomic E-state index is 12.7. The molecule has 3 rings (SSSR count). The standard InChI is InChI=1S/C23H25BrClN5O2/c1-14(26)29-22(16-10-21(32-2)18(24)11-19(16)25)17-12-30(13-20(17)27)23(31)28-9-8-15-6-4-3-5-7-15/h3-7,10-11H,1,8-9,12-13,26-27H2,2H3,(H,28,31)/b29-22-. The topological polar surface area (TPSA) is 106 Å². The lowest BCUT2D eigenvalue weighted by atomic mass is 10.0. The first-order valence-corrected chi connectivity index (χ1v) is 11.1. The number of carbonyl (C=O) groups excluding carboxylic acids is 1. The summed E-state index contributed by atoms with van der Waals surface area (Å²) in [6.45, 7) is 4.74. The molecule has 1 aliphatic rings. The van der Waals surface area contributed by atoms with Gasteiger partial charge in [0.15, 0.2) is 0 Å². The van der Waals surface area contributed by atoms with Crippen LogP contribution in [0.15, 0.2) is 75.6 Å². The van der Waals surface area contributed by atoms with E-state index in [1.165, 1.54) is 0 Å². The Hall–Kier alpha value is -2.97. The van der Waals surface area contributed by atoms with Gasteiger partial charge in [-0.2, -0.15) is 0 Å². The smallest absolute Gasteiger partial charge is 0.318 e. The molecule has 2 amide bonds. The van der Waals surface area contributed by atoms with Crippen LogP contribution in [0.4, 0.5) is 4.79 Å². The molecule has 5 N–H and O–H groups in total. The van der Waals surface area contributed by atoms with Gasteiger partial charge in [0.25, 0.3) is 0 Å². The Balaban J connectivity index is 1.77. The number of rotatable bonds is 7. The van der Waals surface area contributed by atoms with Crippen LogP contribution in [0.3, 0.4) is 0 Å². The van der Waals surface area contributed by atoms with Crippen LogP contribution in [0.2, 0.25) is 5.02 Å². The Morgan fingerprint density at radius 1 is 1.31 bits per heavy atom. The highest BCUT2D eigenvalue weighted by Gasteiger charge is 2.29. The Bertz CT molecular complexity index is 1090. The zero-order valence-corrected chi connectivity index (χ0v) is 20.0. The van der Waals surface area contributed by atoms with Gasteiger partial charge in [0.2, 0.25) is 0 Å². The van der Waals surface area contributed by atoms with Crippen molar-refractivity contribution in [3.8, 4) is 5.75 Å². The van der Waals surface area contributed by atoms with E-state index in [1.807, 2.05) is 30.3 Å². The Morgan fingerprint density at radius 2 is 2.03 bits per heavy atom. The number of halogens is 2. The van der Waals surface area contributed by atoms with Gasteiger partial charge in [-0.25, -0.2) is 9.79 Å². The van der Waals surface area contributed by atoms with E-state index in [4.69, 9.17) is 27.8 Å². The summed E-state index contributed by atoms with van der Waals surface area (Å²) in [6, 6.07) is 13.2. The van der Waals surface area contributed by atoms with E-state index in [2.05, 4.69) is 32.8 Å². The van der Waals surface area contributed by atoms with Gasteiger partial charge in [0.05, 0.1) is 35.4 Å². The summed E-state index contributed by atoms with van der Waals surface area (Å²) in [7, 11) is 1.56. The molecule has 9 heteroatoms. The summed E-state index contributed by atoms with van der Waals surface area (Å²) >= 11 is 9.91. The van der Waals surface area contributed by atoms with Crippen molar-refractivity contribution in [2.45, 2.75) is 6.42 Å². The van der Waals surface area contributed by atoms with Crippen LogP contribution in [-0.2, 0) is 6.42 Å². The average molecular weight is 519 g/mol. The Labute approximate surface area is 200 Å². The molecule has 1 aliphatic heterocycles. The summed E-state index contributed by atoms with van der Waals surface area (Å²) in [5.74, 6) is 0.677. The minimum atomic E-state index is -0.204. The Morgan fingerprint density at radius 3 is 2.69 bits per heavy atom. The lowest BCUT2D eigenvalue weighted by molar-refractivity contribution is 0.210. The first-order chi connectivity index (χ1) is 15.3. The van der Waals surface area contributed by atoms with Crippen molar-refractivity contribution in [3.63, 3.8) is 0 Å². The predicted molar refractivity (Wildman–Crippen MR) is 132 cm³/mol. The Kier molecular flexibility index (Phi) is 7.82. The van der Waals surface area contributed by atoms with Crippen LogP contribution >= 0.6 is 27.5 Å². The fraction of sp³-hybridized carbons (Fsp3) is 0.217. The molecule has 0 atom stereocenters. The number of hydrogen-bond donors (Lipinski definition) is 3. The fourth-order valence-corrected chi connectivity index (χ4v) is 4.28.